The maximum absolute atomic E-state index is 12.8. The van der Waals surface area contributed by atoms with Crippen molar-refractivity contribution in [3.05, 3.63) is 89.0 Å². The summed E-state index contributed by atoms with van der Waals surface area (Å²) in [6.45, 7) is 4.02. The Hall–Kier alpha value is -3.60. The van der Waals surface area contributed by atoms with Crippen LogP contribution in [0.5, 0.6) is 0 Å². The number of carbonyl (C=O) groups is 2. The summed E-state index contributed by atoms with van der Waals surface area (Å²) in [5, 5.41) is 5.75. The average molecular weight is 387 g/mol. The van der Waals surface area contributed by atoms with Crippen molar-refractivity contribution >= 4 is 28.9 Å². The lowest BCUT2D eigenvalue weighted by Crippen LogP contribution is -2.18. The summed E-state index contributed by atoms with van der Waals surface area (Å²) in [5.74, 6) is -0.418. The van der Waals surface area contributed by atoms with Crippen molar-refractivity contribution in [2.45, 2.75) is 26.7 Å². The molecule has 0 radical (unpaired) electrons. The van der Waals surface area contributed by atoms with E-state index in [-0.39, 0.29) is 11.8 Å². The Morgan fingerprint density at radius 2 is 1.66 bits per heavy atom. The van der Waals surface area contributed by atoms with Crippen LogP contribution in [0.25, 0.3) is 0 Å². The van der Waals surface area contributed by atoms with Gasteiger partial charge in [0.1, 0.15) is 0 Å². The van der Waals surface area contributed by atoms with E-state index in [1.807, 2.05) is 56.3 Å². The number of nitrogen functional groups attached to an aromatic ring is 1. The minimum atomic E-state index is -0.264. The van der Waals surface area contributed by atoms with Gasteiger partial charge in [-0.15, -0.1) is 0 Å². The third kappa shape index (κ3) is 5.45. The molecule has 0 spiro atoms. The van der Waals surface area contributed by atoms with E-state index in [1.54, 1.807) is 24.3 Å². The van der Waals surface area contributed by atoms with Crippen molar-refractivity contribution in [2.75, 3.05) is 16.4 Å². The molecule has 0 aliphatic heterocycles. The van der Waals surface area contributed by atoms with Crippen molar-refractivity contribution in [1.82, 2.24) is 0 Å². The normalized spacial score (nSPS) is 10.4. The molecule has 3 rings (SSSR count). The van der Waals surface area contributed by atoms with Crippen LogP contribution in [-0.4, -0.2) is 11.8 Å². The van der Waals surface area contributed by atoms with Gasteiger partial charge in [-0.2, -0.15) is 0 Å². The maximum atomic E-state index is 12.8. The Bertz CT molecular complexity index is 1040. The van der Waals surface area contributed by atoms with E-state index in [9.17, 15) is 9.59 Å². The fraction of sp³-hybridized carbons (Fsp3) is 0.167. The highest BCUT2D eigenvalue weighted by atomic mass is 16.2. The molecular weight excluding hydrogens is 362 g/mol. The van der Waals surface area contributed by atoms with Crippen LogP contribution in [0.15, 0.2) is 66.7 Å². The number of aryl methyl sites for hydroxylation is 3. The van der Waals surface area contributed by atoms with Crippen LogP contribution >= 0.6 is 0 Å². The summed E-state index contributed by atoms with van der Waals surface area (Å²) in [7, 11) is 0. The number of carbonyl (C=O) groups excluding carboxylic acids is 2. The number of amides is 2. The van der Waals surface area contributed by atoms with E-state index in [1.165, 1.54) is 0 Å². The van der Waals surface area contributed by atoms with Crippen molar-refractivity contribution in [1.29, 1.82) is 0 Å². The van der Waals surface area contributed by atoms with Gasteiger partial charge in [0, 0.05) is 17.8 Å². The molecule has 5 nitrogen and oxygen atoms in total. The molecule has 29 heavy (non-hydrogen) atoms. The second-order valence-corrected chi connectivity index (χ2v) is 7.09. The van der Waals surface area contributed by atoms with Gasteiger partial charge in [0.25, 0.3) is 5.91 Å². The van der Waals surface area contributed by atoms with E-state index in [4.69, 9.17) is 5.73 Å². The number of para-hydroxylation sites is 1. The molecule has 2 amide bonds. The zero-order chi connectivity index (χ0) is 20.8. The van der Waals surface area contributed by atoms with Crippen LogP contribution in [0.1, 0.15) is 33.5 Å². The first kappa shape index (κ1) is 20.1. The van der Waals surface area contributed by atoms with Gasteiger partial charge in [-0.25, -0.2) is 0 Å². The first-order valence-electron chi connectivity index (χ1n) is 9.54. The highest BCUT2D eigenvalue weighted by Crippen LogP contribution is 2.20. The lowest BCUT2D eigenvalue weighted by Gasteiger charge is -2.12. The Kier molecular flexibility index (Phi) is 6.29. The van der Waals surface area contributed by atoms with Crippen LogP contribution < -0.4 is 16.4 Å². The fourth-order valence-corrected chi connectivity index (χ4v) is 3.03. The maximum Gasteiger partial charge on any atom is 0.257 e. The number of anilines is 3. The average Bonchev–Trinajstić information content (AvgIpc) is 2.70. The van der Waals surface area contributed by atoms with Gasteiger partial charge in [0.2, 0.25) is 5.91 Å². The zero-order valence-corrected chi connectivity index (χ0v) is 16.7. The van der Waals surface area contributed by atoms with E-state index in [0.29, 0.717) is 29.8 Å². The topological polar surface area (TPSA) is 84.2 Å². The molecule has 0 aliphatic carbocycles. The fourth-order valence-electron chi connectivity index (χ4n) is 3.03. The molecular formula is C24H25N3O2. The van der Waals surface area contributed by atoms with E-state index in [2.05, 4.69) is 10.6 Å². The van der Waals surface area contributed by atoms with Crippen LogP contribution in [0.4, 0.5) is 17.1 Å². The summed E-state index contributed by atoms with van der Waals surface area (Å²) in [5.41, 5.74) is 11.4. The molecule has 0 fully saturated rings. The number of benzene rings is 3. The third-order valence-electron chi connectivity index (χ3n) is 4.80. The largest absolute Gasteiger partial charge is 0.399 e. The molecule has 0 heterocycles. The van der Waals surface area contributed by atoms with Crippen molar-refractivity contribution in [3.63, 3.8) is 0 Å². The molecule has 0 bridgehead atoms. The van der Waals surface area contributed by atoms with E-state index >= 15 is 0 Å². The lowest BCUT2D eigenvalue weighted by molar-refractivity contribution is -0.116. The summed E-state index contributed by atoms with van der Waals surface area (Å²) in [4.78, 5) is 25.2. The van der Waals surface area contributed by atoms with Crippen LogP contribution in [0, 0.1) is 13.8 Å². The molecule has 0 saturated heterocycles. The number of nitrogens with one attached hydrogen (secondary N) is 2. The van der Waals surface area contributed by atoms with Crippen molar-refractivity contribution < 1.29 is 9.59 Å². The first-order valence-corrected chi connectivity index (χ1v) is 9.54. The monoisotopic (exact) mass is 387 g/mol. The summed E-state index contributed by atoms with van der Waals surface area (Å²) in [6.07, 6.45) is 0.879. The van der Waals surface area contributed by atoms with E-state index in [0.717, 1.165) is 22.4 Å². The molecule has 0 unspecified atom stereocenters. The molecule has 3 aromatic carbocycles. The number of rotatable bonds is 6. The predicted octanol–water partition coefficient (Wildman–Crippen LogP) is 4.71. The van der Waals surface area contributed by atoms with Crippen molar-refractivity contribution in [3.8, 4) is 0 Å². The lowest BCUT2D eigenvalue weighted by atomic mass is 10.1. The number of nitrogens with two attached hydrogens (primary N) is 1. The molecule has 0 aromatic heterocycles. The molecule has 0 saturated carbocycles. The highest BCUT2D eigenvalue weighted by molar-refractivity contribution is 6.10. The molecule has 0 atom stereocenters. The Morgan fingerprint density at radius 3 is 2.41 bits per heavy atom. The van der Waals surface area contributed by atoms with Crippen molar-refractivity contribution in [2.24, 2.45) is 0 Å². The molecule has 3 aromatic rings. The summed E-state index contributed by atoms with van der Waals surface area (Å²) < 4.78 is 0. The second kappa shape index (κ2) is 9.06. The third-order valence-corrected chi connectivity index (χ3v) is 4.80. The van der Waals surface area contributed by atoms with Gasteiger partial charge in [-0.05, 0) is 73.4 Å². The Balaban J connectivity index is 1.66. The smallest absolute Gasteiger partial charge is 0.257 e. The molecule has 4 N–H and O–H groups in total. The van der Waals surface area contributed by atoms with Gasteiger partial charge < -0.3 is 16.4 Å². The van der Waals surface area contributed by atoms with E-state index < -0.39 is 0 Å². The molecule has 5 heteroatoms. The van der Waals surface area contributed by atoms with Crippen LogP contribution in [0.3, 0.4) is 0 Å². The second-order valence-electron chi connectivity index (χ2n) is 7.09. The minimum absolute atomic E-state index is 0.154. The van der Waals surface area contributed by atoms with Gasteiger partial charge in [0.05, 0.1) is 11.3 Å². The van der Waals surface area contributed by atoms with Crippen LogP contribution in [-0.2, 0) is 11.2 Å². The zero-order valence-electron chi connectivity index (χ0n) is 16.7. The predicted molar refractivity (Wildman–Crippen MR) is 118 cm³/mol. The van der Waals surface area contributed by atoms with Gasteiger partial charge in [-0.1, -0.05) is 30.3 Å². The Morgan fingerprint density at radius 1 is 0.862 bits per heavy atom. The quantitative estimate of drug-likeness (QED) is 0.536. The number of hydrogen-bond donors (Lipinski definition) is 3. The highest BCUT2D eigenvalue weighted by Gasteiger charge is 2.14. The molecule has 0 aliphatic rings. The van der Waals surface area contributed by atoms with Gasteiger partial charge in [-0.3, -0.25) is 9.59 Å². The number of hydrogen-bond acceptors (Lipinski definition) is 3. The summed E-state index contributed by atoms with van der Waals surface area (Å²) in [6, 6.07) is 20.2. The Labute approximate surface area is 170 Å². The van der Waals surface area contributed by atoms with Crippen LogP contribution in [0.2, 0.25) is 0 Å². The minimum Gasteiger partial charge on any atom is -0.399 e. The van der Waals surface area contributed by atoms with Gasteiger partial charge in [0.15, 0.2) is 0 Å². The molecule has 148 valence electrons. The SMILES string of the molecule is Cc1ccc(NC(=O)c2ccccc2NC(=O)CCc2cccc(N)c2)cc1C. The standard InChI is InChI=1S/C24H25N3O2/c1-16-10-12-20(14-17(16)2)26-24(29)21-8-3-4-9-22(21)27-23(28)13-11-18-6-5-7-19(25)15-18/h3-10,12,14-15H,11,13,25H2,1-2H3,(H,26,29)(H,27,28). The summed E-state index contributed by atoms with van der Waals surface area (Å²) >= 11 is 0. The first-order chi connectivity index (χ1) is 13.9. The van der Waals surface area contributed by atoms with Gasteiger partial charge >= 0.3 is 0 Å².